The molecule has 0 saturated carbocycles. The largest absolute Gasteiger partial charge is 0.339 e. The van der Waals surface area contributed by atoms with E-state index in [1.165, 1.54) is 0 Å². The summed E-state index contributed by atoms with van der Waals surface area (Å²) in [6, 6.07) is 1.95. The summed E-state index contributed by atoms with van der Waals surface area (Å²) in [5.74, 6) is 0.783. The van der Waals surface area contributed by atoms with Crippen molar-refractivity contribution in [2.45, 2.75) is 25.8 Å². The minimum Gasteiger partial charge on any atom is -0.339 e. The highest BCUT2D eigenvalue weighted by atomic mass is 79.9. The van der Waals surface area contributed by atoms with Gasteiger partial charge in [-0.25, -0.2) is 9.97 Å². The molecule has 0 fully saturated rings. The van der Waals surface area contributed by atoms with Crippen LogP contribution in [-0.2, 0) is 5.54 Å². The predicted octanol–water partition coefficient (Wildman–Crippen LogP) is 2.30. The lowest BCUT2D eigenvalue weighted by molar-refractivity contribution is 0.451. The van der Waals surface area contributed by atoms with E-state index in [2.05, 4.69) is 30.9 Å². The molecule has 0 saturated heterocycles. The van der Waals surface area contributed by atoms with Crippen LogP contribution in [0.2, 0.25) is 0 Å². The summed E-state index contributed by atoms with van der Waals surface area (Å²) in [5.41, 5.74) is 7.30. The number of hydrogen-bond acceptors (Lipinski definition) is 3. The van der Waals surface area contributed by atoms with Crippen molar-refractivity contribution in [1.82, 2.24) is 15.0 Å². The Morgan fingerprint density at radius 1 is 1.60 bits per heavy atom. The predicted molar refractivity (Wildman–Crippen MR) is 63.4 cm³/mol. The van der Waals surface area contributed by atoms with Gasteiger partial charge in [-0.2, -0.15) is 0 Å². The van der Waals surface area contributed by atoms with Crippen LogP contribution < -0.4 is 5.73 Å². The SMILES string of the molecule is CCC(C)(N)c1nc2ncc(Br)cc2[nH]1. The molecule has 2 aromatic heterocycles. The summed E-state index contributed by atoms with van der Waals surface area (Å²) in [6.45, 7) is 4.00. The van der Waals surface area contributed by atoms with E-state index >= 15 is 0 Å². The van der Waals surface area contributed by atoms with Gasteiger partial charge in [0, 0.05) is 10.7 Å². The van der Waals surface area contributed by atoms with Crippen LogP contribution >= 0.6 is 15.9 Å². The van der Waals surface area contributed by atoms with E-state index in [-0.39, 0.29) is 0 Å². The quantitative estimate of drug-likeness (QED) is 0.879. The summed E-state index contributed by atoms with van der Waals surface area (Å²) in [6.07, 6.45) is 2.56. The molecule has 0 amide bonds. The summed E-state index contributed by atoms with van der Waals surface area (Å²) < 4.78 is 0.931. The van der Waals surface area contributed by atoms with Crippen molar-refractivity contribution in [3.63, 3.8) is 0 Å². The summed E-state index contributed by atoms with van der Waals surface area (Å²) in [7, 11) is 0. The molecule has 0 spiro atoms. The molecule has 0 aromatic carbocycles. The van der Waals surface area contributed by atoms with Gasteiger partial charge >= 0.3 is 0 Å². The van der Waals surface area contributed by atoms with E-state index in [1.54, 1.807) is 6.20 Å². The van der Waals surface area contributed by atoms with Crippen molar-refractivity contribution in [3.8, 4) is 0 Å². The number of aromatic amines is 1. The van der Waals surface area contributed by atoms with E-state index in [4.69, 9.17) is 5.73 Å². The fourth-order valence-corrected chi connectivity index (χ4v) is 1.64. The zero-order valence-electron chi connectivity index (χ0n) is 8.71. The number of aromatic nitrogens is 3. The van der Waals surface area contributed by atoms with Crippen molar-refractivity contribution in [1.29, 1.82) is 0 Å². The maximum Gasteiger partial charge on any atom is 0.177 e. The highest BCUT2D eigenvalue weighted by Crippen LogP contribution is 2.22. The molecule has 2 aromatic rings. The van der Waals surface area contributed by atoms with Gasteiger partial charge in [0.25, 0.3) is 0 Å². The van der Waals surface area contributed by atoms with Gasteiger partial charge in [0.15, 0.2) is 5.65 Å². The van der Waals surface area contributed by atoms with Crippen molar-refractivity contribution in [3.05, 3.63) is 22.6 Å². The molecular formula is C10H13BrN4. The average Bonchev–Trinajstić information content (AvgIpc) is 2.61. The Labute approximate surface area is 96.4 Å². The number of nitrogens with two attached hydrogens (primary N) is 1. The monoisotopic (exact) mass is 268 g/mol. The third-order valence-corrected chi connectivity index (χ3v) is 3.01. The van der Waals surface area contributed by atoms with E-state index in [0.717, 1.165) is 22.2 Å². The van der Waals surface area contributed by atoms with Gasteiger partial charge in [-0.05, 0) is 35.3 Å². The number of hydrogen-bond donors (Lipinski definition) is 2. The van der Waals surface area contributed by atoms with Gasteiger partial charge in [0.05, 0.1) is 11.1 Å². The molecule has 3 N–H and O–H groups in total. The second-order valence-electron chi connectivity index (χ2n) is 3.88. The molecule has 2 heterocycles. The highest BCUT2D eigenvalue weighted by molar-refractivity contribution is 9.10. The molecule has 0 aliphatic carbocycles. The average molecular weight is 269 g/mol. The maximum absolute atomic E-state index is 6.11. The normalized spacial score (nSPS) is 15.5. The van der Waals surface area contributed by atoms with Gasteiger partial charge in [-0.1, -0.05) is 6.92 Å². The molecule has 0 aliphatic heterocycles. The van der Waals surface area contributed by atoms with E-state index in [0.29, 0.717) is 5.65 Å². The molecule has 5 heteroatoms. The fourth-order valence-electron chi connectivity index (χ4n) is 1.31. The highest BCUT2D eigenvalue weighted by Gasteiger charge is 2.22. The Morgan fingerprint density at radius 3 is 3.00 bits per heavy atom. The van der Waals surface area contributed by atoms with Gasteiger partial charge < -0.3 is 10.7 Å². The van der Waals surface area contributed by atoms with Gasteiger partial charge in [-0.15, -0.1) is 0 Å². The number of nitrogens with one attached hydrogen (secondary N) is 1. The molecule has 0 bridgehead atoms. The first kappa shape index (κ1) is 10.6. The number of fused-ring (bicyclic) bond motifs is 1. The summed E-state index contributed by atoms with van der Waals surface area (Å²) in [4.78, 5) is 11.8. The van der Waals surface area contributed by atoms with Crippen LogP contribution in [0.3, 0.4) is 0 Å². The number of nitrogens with zero attached hydrogens (tertiary/aromatic N) is 2. The smallest absolute Gasteiger partial charge is 0.177 e. The van der Waals surface area contributed by atoms with Crippen molar-refractivity contribution in [2.75, 3.05) is 0 Å². The van der Waals surface area contributed by atoms with Crippen LogP contribution in [0.5, 0.6) is 0 Å². The standard InChI is InChI=1S/C10H13BrN4/c1-3-10(2,12)9-14-7-4-6(11)5-13-8(7)15-9/h4-5H,3,12H2,1-2H3,(H,13,14,15). The fraction of sp³-hybridized carbons (Fsp3) is 0.400. The lowest BCUT2D eigenvalue weighted by Crippen LogP contribution is -2.33. The molecular weight excluding hydrogens is 256 g/mol. The van der Waals surface area contributed by atoms with Crippen LogP contribution in [0, 0.1) is 0 Å². The molecule has 80 valence electrons. The van der Waals surface area contributed by atoms with E-state index < -0.39 is 5.54 Å². The van der Waals surface area contributed by atoms with Crippen molar-refractivity contribution in [2.24, 2.45) is 5.73 Å². The minimum atomic E-state index is -0.423. The number of halogens is 1. The molecule has 2 rings (SSSR count). The third kappa shape index (κ3) is 1.89. The first-order valence-corrected chi connectivity index (χ1v) is 5.63. The third-order valence-electron chi connectivity index (χ3n) is 2.58. The Morgan fingerprint density at radius 2 is 2.33 bits per heavy atom. The maximum atomic E-state index is 6.11. The molecule has 1 atom stereocenters. The summed E-state index contributed by atoms with van der Waals surface area (Å²) >= 11 is 3.37. The number of pyridine rings is 1. The Hall–Kier alpha value is -0.940. The van der Waals surface area contributed by atoms with Crippen LogP contribution in [0.15, 0.2) is 16.7 Å². The van der Waals surface area contributed by atoms with Crippen LogP contribution in [0.25, 0.3) is 11.2 Å². The van der Waals surface area contributed by atoms with Gasteiger partial charge in [0.1, 0.15) is 5.82 Å². The zero-order valence-corrected chi connectivity index (χ0v) is 10.3. The first-order valence-electron chi connectivity index (χ1n) is 4.83. The first-order chi connectivity index (χ1) is 7.03. The zero-order chi connectivity index (χ0) is 11.1. The summed E-state index contributed by atoms with van der Waals surface area (Å²) in [5, 5.41) is 0. The van der Waals surface area contributed by atoms with Crippen LogP contribution in [-0.4, -0.2) is 15.0 Å². The van der Waals surface area contributed by atoms with Gasteiger partial charge in [-0.3, -0.25) is 0 Å². The Balaban J connectivity index is 2.56. The topological polar surface area (TPSA) is 67.6 Å². The molecule has 15 heavy (non-hydrogen) atoms. The van der Waals surface area contributed by atoms with Crippen LogP contribution in [0.4, 0.5) is 0 Å². The molecule has 1 unspecified atom stereocenters. The number of imidazole rings is 1. The van der Waals surface area contributed by atoms with E-state index in [1.807, 2.05) is 19.9 Å². The van der Waals surface area contributed by atoms with Gasteiger partial charge in [0.2, 0.25) is 0 Å². The van der Waals surface area contributed by atoms with Crippen molar-refractivity contribution < 1.29 is 0 Å². The Kier molecular flexibility index (Phi) is 2.52. The molecule has 0 aliphatic rings. The molecule has 4 nitrogen and oxygen atoms in total. The lowest BCUT2D eigenvalue weighted by atomic mass is 10.0. The molecule has 0 radical (unpaired) electrons. The minimum absolute atomic E-state index is 0.423. The Bertz CT molecular complexity index is 489. The van der Waals surface area contributed by atoms with E-state index in [9.17, 15) is 0 Å². The lowest BCUT2D eigenvalue weighted by Gasteiger charge is -2.18. The van der Waals surface area contributed by atoms with Crippen molar-refractivity contribution >= 4 is 27.1 Å². The second-order valence-corrected chi connectivity index (χ2v) is 4.80. The second kappa shape index (κ2) is 3.57. The van der Waals surface area contributed by atoms with Crippen LogP contribution in [0.1, 0.15) is 26.1 Å². The number of H-pyrrole nitrogens is 1. The number of rotatable bonds is 2.